The van der Waals surface area contributed by atoms with Crippen molar-refractivity contribution in [3.63, 3.8) is 0 Å². The number of hydrogen-bond acceptors (Lipinski definition) is 0. The van der Waals surface area contributed by atoms with Crippen molar-refractivity contribution < 1.29 is 5.32 Å². The Balaban J connectivity index is 1.85. The summed E-state index contributed by atoms with van der Waals surface area (Å²) in [5.74, 6) is 0. The lowest BCUT2D eigenvalue weighted by Gasteiger charge is -2.02. The second-order valence-electron chi connectivity index (χ2n) is 4.87. The molecule has 0 atom stereocenters. The smallest absolute Gasteiger partial charge is 0.0796 e. The molecule has 1 aromatic rings. The van der Waals surface area contributed by atoms with Crippen molar-refractivity contribution >= 4 is 0 Å². The van der Waals surface area contributed by atoms with Crippen molar-refractivity contribution in [2.24, 2.45) is 0 Å². The molecule has 0 amide bonds. The predicted molar refractivity (Wildman–Crippen MR) is 75.2 cm³/mol. The summed E-state index contributed by atoms with van der Waals surface area (Å²) in [6.07, 6.45) is 9.64. The highest BCUT2D eigenvalue weighted by atomic mass is 14.8. The lowest BCUT2D eigenvalue weighted by molar-refractivity contribution is -0.654. The Morgan fingerprint density at radius 2 is 1.53 bits per heavy atom. The van der Waals surface area contributed by atoms with Crippen LogP contribution in [0.15, 0.2) is 30.3 Å². The number of unbranched alkanes of at least 4 members (excludes halogenated alkanes) is 5. The van der Waals surface area contributed by atoms with E-state index in [0.29, 0.717) is 0 Å². The number of nitrogens with two attached hydrogens (primary N) is 1. The van der Waals surface area contributed by atoms with Crippen LogP contribution in [-0.2, 0) is 6.42 Å². The van der Waals surface area contributed by atoms with Crippen LogP contribution in [0.25, 0.3) is 0 Å². The molecular weight excluding hydrogens is 206 g/mol. The van der Waals surface area contributed by atoms with E-state index in [1.807, 2.05) is 0 Å². The van der Waals surface area contributed by atoms with Gasteiger partial charge in [0.2, 0.25) is 0 Å². The van der Waals surface area contributed by atoms with Crippen LogP contribution in [0.5, 0.6) is 0 Å². The summed E-state index contributed by atoms with van der Waals surface area (Å²) in [6.45, 7) is 4.81. The van der Waals surface area contributed by atoms with Gasteiger partial charge in [-0.3, -0.25) is 0 Å². The molecule has 0 heterocycles. The van der Waals surface area contributed by atoms with E-state index in [2.05, 4.69) is 42.6 Å². The zero-order valence-corrected chi connectivity index (χ0v) is 11.3. The van der Waals surface area contributed by atoms with Crippen LogP contribution in [0.3, 0.4) is 0 Å². The van der Waals surface area contributed by atoms with Crippen molar-refractivity contribution in [1.82, 2.24) is 0 Å². The van der Waals surface area contributed by atoms with E-state index in [0.717, 1.165) is 0 Å². The van der Waals surface area contributed by atoms with Gasteiger partial charge < -0.3 is 5.32 Å². The molecule has 17 heavy (non-hydrogen) atoms. The third-order valence-corrected chi connectivity index (χ3v) is 3.24. The molecule has 1 aromatic carbocycles. The van der Waals surface area contributed by atoms with Crippen molar-refractivity contribution in [3.8, 4) is 0 Å². The molecular formula is C16H28N+. The minimum absolute atomic E-state index is 1.21. The largest absolute Gasteiger partial charge is 0.346 e. The molecule has 1 nitrogen and oxygen atoms in total. The number of hydrogen-bond donors (Lipinski definition) is 1. The van der Waals surface area contributed by atoms with Crippen molar-refractivity contribution in [2.45, 2.75) is 51.9 Å². The van der Waals surface area contributed by atoms with Gasteiger partial charge in [0, 0.05) is 6.42 Å². The van der Waals surface area contributed by atoms with Gasteiger partial charge in [-0.05, 0) is 18.4 Å². The second-order valence-corrected chi connectivity index (χ2v) is 4.87. The molecule has 0 aliphatic heterocycles. The molecule has 1 rings (SSSR count). The highest BCUT2D eigenvalue weighted by molar-refractivity contribution is 5.14. The molecule has 0 radical (unpaired) electrons. The minimum atomic E-state index is 1.21. The fraction of sp³-hybridized carbons (Fsp3) is 0.625. The van der Waals surface area contributed by atoms with E-state index < -0.39 is 0 Å². The summed E-state index contributed by atoms with van der Waals surface area (Å²) >= 11 is 0. The van der Waals surface area contributed by atoms with E-state index in [4.69, 9.17) is 0 Å². The third-order valence-electron chi connectivity index (χ3n) is 3.24. The lowest BCUT2D eigenvalue weighted by Crippen LogP contribution is -2.84. The molecule has 0 saturated carbocycles. The standard InChI is InChI=1S/C16H27N/c1-2-3-4-5-6-10-14-17-15-13-16-11-8-7-9-12-16/h7-9,11-12,17H,2-6,10,13-15H2,1H3/p+1. The summed E-state index contributed by atoms with van der Waals surface area (Å²) < 4.78 is 0. The molecule has 0 fully saturated rings. The van der Waals surface area contributed by atoms with Gasteiger partial charge in [0.15, 0.2) is 0 Å². The Morgan fingerprint density at radius 3 is 2.29 bits per heavy atom. The maximum atomic E-state index is 2.47. The van der Waals surface area contributed by atoms with E-state index in [9.17, 15) is 0 Å². The Bertz CT molecular complexity index is 255. The van der Waals surface area contributed by atoms with Gasteiger partial charge in [-0.25, -0.2) is 0 Å². The molecule has 0 saturated heterocycles. The summed E-state index contributed by atoms with van der Waals surface area (Å²) in [7, 11) is 0. The summed E-state index contributed by atoms with van der Waals surface area (Å²) in [5, 5.41) is 2.47. The van der Waals surface area contributed by atoms with Gasteiger partial charge in [-0.1, -0.05) is 62.9 Å². The molecule has 0 spiro atoms. The van der Waals surface area contributed by atoms with Gasteiger partial charge in [0.25, 0.3) is 0 Å². The van der Waals surface area contributed by atoms with E-state index in [1.54, 1.807) is 0 Å². The van der Waals surface area contributed by atoms with Gasteiger partial charge in [-0.2, -0.15) is 0 Å². The molecule has 2 N–H and O–H groups in total. The van der Waals surface area contributed by atoms with Crippen LogP contribution in [-0.4, -0.2) is 13.1 Å². The first-order chi connectivity index (χ1) is 8.43. The Morgan fingerprint density at radius 1 is 0.824 bits per heavy atom. The van der Waals surface area contributed by atoms with E-state index in [1.165, 1.54) is 63.6 Å². The van der Waals surface area contributed by atoms with Crippen LogP contribution in [0.4, 0.5) is 0 Å². The number of rotatable bonds is 10. The van der Waals surface area contributed by atoms with Crippen LogP contribution in [0.1, 0.15) is 51.0 Å². The second kappa shape index (κ2) is 10.3. The molecule has 0 aliphatic carbocycles. The molecule has 1 heteroatoms. The zero-order chi connectivity index (χ0) is 12.2. The maximum Gasteiger partial charge on any atom is 0.0796 e. The van der Waals surface area contributed by atoms with E-state index >= 15 is 0 Å². The average molecular weight is 234 g/mol. The minimum Gasteiger partial charge on any atom is -0.346 e. The van der Waals surface area contributed by atoms with Gasteiger partial charge in [-0.15, -0.1) is 0 Å². The summed E-state index contributed by atoms with van der Waals surface area (Å²) in [5.41, 5.74) is 1.46. The van der Waals surface area contributed by atoms with Crippen LogP contribution in [0, 0.1) is 0 Å². The summed E-state index contributed by atoms with van der Waals surface area (Å²) in [4.78, 5) is 0. The van der Waals surface area contributed by atoms with Crippen molar-refractivity contribution in [1.29, 1.82) is 0 Å². The lowest BCUT2D eigenvalue weighted by atomic mass is 10.1. The Labute approximate surface area is 107 Å². The first-order valence-corrected chi connectivity index (χ1v) is 7.29. The third kappa shape index (κ3) is 7.98. The zero-order valence-electron chi connectivity index (χ0n) is 11.3. The predicted octanol–water partition coefficient (Wildman–Crippen LogP) is 3.15. The Kier molecular flexibility index (Phi) is 8.66. The van der Waals surface area contributed by atoms with Crippen LogP contribution < -0.4 is 5.32 Å². The monoisotopic (exact) mass is 234 g/mol. The first kappa shape index (κ1) is 14.2. The fourth-order valence-electron chi connectivity index (χ4n) is 2.13. The molecule has 0 unspecified atom stereocenters. The highest BCUT2D eigenvalue weighted by Gasteiger charge is 1.95. The van der Waals surface area contributed by atoms with Gasteiger partial charge >= 0.3 is 0 Å². The first-order valence-electron chi connectivity index (χ1n) is 7.29. The highest BCUT2D eigenvalue weighted by Crippen LogP contribution is 2.03. The molecule has 0 aliphatic rings. The quantitative estimate of drug-likeness (QED) is 0.599. The van der Waals surface area contributed by atoms with Gasteiger partial charge in [0.1, 0.15) is 0 Å². The number of benzene rings is 1. The van der Waals surface area contributed by atoms with Crippen LogP contribution >= 0.6 is 0 Å². The molecule has 0 aromatic heterocycles. The van der Waals surface area contributed by atoms with Crippen molar-refractivity contribution in [3.05, 3.63) is 35.9 Å². The SMILES string of the molecule is CCCCCCCC[NH2+]CCc1ccccc1. The fourth-order valence-corrected chi connectivity index (χ4v) is 2.13. The van der Waals surface area contributed by atoms with E-state index in [-0.39, 0.29) is 0 Å². The van der Waals surface area contributed by atoms with Gasteiger partial charge in [0.05, 0.1) is 13.1 Å². The molecule has 96 valence electrons. The average Bonchev–Trinajstić information content (AvgIpc) is 2.38. The molecule has 0 bridgehead atoms. The number of quaternary nitrogens is 1. The van der Waals surface area contributed by atoms with Crippen molar-refractivity contribution in [2.75, 3.05) is 13.1 Å². The van der Waals surface area contributed by atoms with Crippen LogP contribution in [0.2, 0.25) is 0 Å². The summed E-state index contributed by atoms with van der Waals surface area (Å²) in [6, 6.07) is 10.8. The Hall–Kier alpha value is -0.820. The topological polar surface area (TPSA) is 16.6 Å². The maximum absolute atomic E-state index is 2.47. The normalized spacial score (nSPS) is 10.6.